The molecule has 2 aromatic rings. The van der Waals surface area contributed by atoms with E-state index in [1.54, 1.807) is 12.1 Å². The summed E-state index contributed by atoms with van der Waals surface area (Å²) in [5.74, 6) is -0.940. The number of nitro groups is 1. The molecule has 1 heterocycles. The lowest BCUT2D eigenvalue weighted by Gasteiger charge is -2.07. The maximum absolute atomic E-state index is 13.1. The minimum atomic E-state index is -0.713. The molecule has 1 N–H and O–H groups in total. The van der Waals surface area contributed by atoms with Gasteiger partial charge in [0, 0.05) is 12.1 Å². The van der Waals surface area contributed by atoms with Crippen molar-refractivity contribution in [3.8, 4) is 5.75 Å². The number of nitrogens with zero attached hydrogens (tertiary/aromatic N) is 1. The second-order valence-electron chi connectivity index (χ2n) is 4.01. The Morgan fingerprint density at radius 2 is 2.24 bits per heavy atom. The summed E-state index contributed by atoms with van der Waals surface area (Å²) in [4.78, 5) is 21.6. The average Bonchev–Trinajstić information content (AvgIpc) is 2.96. The number of hydrogen-bond donors (Lipinski definition) is 1. The number of nitrogens with one attached hydrogen (secondary N) is 1. The Kier molecular flexibility index (Phi) is 4.50. The highest BCUT2D eigenvalue weighted by Gasteiger charge is 2.17. The molecule has 0 unspecified atom stereocenters. The van der Waals surface area contributed by atoms with E-state index >= 15 is 0 Å². The van der Waals surface area contributed by atoms with Crippen molar-refractivity contribution in [2.24, 2.45) is 0 Å². The van der Waals surface area contributed by atoms with Gasteiger partial charge in [0.25, 0.3) is 5.91 Å². The van der Waals surface area contributed by atoms with Gasteiger partial charge in [-0.15, -0.1) is 0 Å². The highest BCUT2D eigenvalue weighted by Crippen LogP contribution is 2.27. The summed E-state index contributed by atoms with van der Waals surface area (Å²) in [6.07, 6.45) is 1.47. The number of nitro benzene ring substituents is 1. The molecule has 0 atom stereocenters. The molecule has 0 fully saturated rings. The molecular formula is C13H11FN2O5. The molecule has 2 rings (SSSR count). The second kappa shape index (κ2) is 6.51. The van der Waals surface area contributed by atoms with E-state index in [2.05, 4.69) is 5.32 Å². The fourth-order valence-corrected chi connectivity index (χ4v) is 1.55. The van der Waals surface area contributed by atoms with Crippen molar-refractivity contribution in [1.29, 1.82) is 0 Å². The highest BCUT2D eigenvalue weighted by atomic mass is 19.1. The molecule has 1 aromatic carbocycles. The van der Waals surface area contributed by atoms with E-state index in [0.29, 0.717) is 5.76 Å². The van der Waals surface area contributed by atoms with Crippen LogP contribution in [0, 0.1) is 15.9 Å². The molecule has 1 amide bonds. The zero-order chi connectivity index (χ0) is 15.2. The second-order valence-corrected chi connectivity index (χ2v) is 4.01. The first-order chi connectivity index (χ1) is 10.1. The van der Waals surface area contributed by atoms with Crippen LogP contribution in [0.2, 0.25) is 0 Å². The minimum absolute atomic E-state index is 0.167. The van der Waals surface area contributed by atoms with Crippen molar-refractivity contribution in [3.63, 3.8) is 0 Å². The number of carbonyl (C=O) groups is 1. The van der Waals surface area contributed by atoms with Gasteiger partial charge in [-0.25, -0.2) is 4.39 Å². The van der Waals surface area contributed by atoms with Gasteiger partial charge in [-0.3, -0.25) is 14.9 Å². The van der Waals surface area contributed by atoms with Gasteiger partial charge in [-0.05, 0) is 18.2 Å². The Labute approximate surface area is 118 Å². The van der Waals surface area contributed by atoms with Crippen LogP contribution in [0.15, 0.2) is 41.0 Å². The average molecular weight is 294 g/mol. The van der Waals surface area contributed by atoms with Crippen molar-refractivity contribution in [1.82, 2.24) is 5.32 Å². The fraction of sp³-hybridized carbons (Fsp3) is 0.154. The lowest BCUT2D eigenvalue weighted by Crippen LogP contribution is -2.28. The smallest absolute Gasteiger partial charge is 0.311 e. The molecule has 21 heavy (non-hydrogen) atoms. The van der Waals surface area contributed by atoms with E-state index < -0.39 is 28.9 Å². The molecule has 0 aliphatic heterocycles. The van der Waals surface area contributed by atoms with Crippen LogP contribution in [0.5, 0.6) is 5.75 Å². The first kappa shape index (κ1) is 14.5. The summed E-state index contributed by atoms with van der Waals surface area (Å²) >= 11 is 0. The lowest BCUT2D eigenvalue weighted by atomic mass is 10.3. The number of furan rings is 1. The van der Waals surface area contributed by atoms with E-state index in [-0.39, 0.29) is 12.3 Å². The third-order valence-corrected chi connectivity index (χ3v) is 2.52. The predicted molar refractivity (Wildman–Crippen MR) is 69.1 cm³/mol. The van der Waals surface area contributed by atoms with Crippen molar-refractivity contribution in [3.05, 3.63) is 58.3 Å². The SMILES string of the molecule is O=C(COc1cc(F)ccc1[N+](=O)[O-])NCc1ccco1. The van der Waals surface area contributed by atoms with E-state index in [0.717, 1.165) is 18.2 Å². The number of rotatable bonds is 6. The van der Waals surface area contributed by atoms with E-state index in [4.69, 9.17) is 9.15 Å². The van der Waals surface area contributed by atoms with Crippen molar-refractivity contribution in [2.75, 3.05) is 6.61 Å². The van der Waals surface area contributed by atoms with Crippen LogP contribution in [0.1, 0.15) is 5.76 Å². The molecule has 0 saturated heterocycles. The molecule has 1 aromatic heterocycles. The zero-order valence-corrected chi connectivity index (χ0v) is 10.7. The summed E-state index contributed by atoms with van der Waals surface area (Å²) in [6.45, 7) is -0.300. The van der Waals surface area contributed by atoms with Gasteiger partial charge in [0.05, 0.1) is 17.7 Å². The van der Waals surface area contributed by atoms with Gasteiger partial charge < -0.3 is 14.5 Å². The summed E-state index contributed by atoms with van der Waals surface area (Å²) < 4.78 is 23.1. The topological polar surface area (TPSA) is 94.6 Å². The van der Waals surface area contributed by atoms with Crippen molar-refractivity contribution in [2.45, 2.75) is 6.54 Å². The van der Waals surface area contributed by atoms with Crippen molar-refractivity contribution < 1.29 is 23.3 Å². The molecule has 0 bridgehead atoms. The van der Waals surface area contributed by atoms with Crippen LogP contribution in [-0.4, -0.2) is 17.4 Å². The van der Waals surface area contributed by atoms with Crippen molar-refractivity contribution >= 4 is 11.6 Å². The Morgan fingerprint density at radius 3 is 2.90 bits per heavy atom. The Morgan fingerprint density at radius 1 is 1.43 bits per heavy atom. The molecule has 0 aliphatic rings. The van der Waals surface area contributed by atoms with E-state index in [1.807, 2.05) is 0 Å². The summed E-state index contributed by atoms with van der Waals surface area (Å²) in [5.41, 5.74) is -0.407. The van der Waals surface area contributed by atoms with E-state index in [9.17, 15) is 19.3 Å². The number of carbonyl (C=O) groups excluding carboxylic acids is 1. The number of benzene rings is 1. The standard InChI is InChI=1S/C13H11FN2O5/c14-9-3-4-11(16(18)19)12(6-9)21-8-13(17)15-7-10-2-1-5-20-10/h1-6H,7-8H2,(H,15,17). The van der Waals surface area contributed by atoms with Gasteiger partial charge >= 0.3 is 5.69 Å². The third kappa shape index (κ3) is 4.03. The van der Waals surface area contributed by atoms with Crippen LogP contribution >= 0.6 is 0 Å². The largest absolute Gasteiger partial charge is 0.477 e. The van der Waals surface area contributed by atoms with Crippen LogP contribution in [0.3, 0.4) is 0 Å². The molecule has 110 valence electrons. The zero-order valence-electron chi connectivity index (χ0n) is 10.7. The molecule has 7 nitrogen and oxygen atoms in total. The van der Waals surface area contributed by atoms with Crippen LogP contribution in [-0.2, 0) is 11.3 Å². The van der Waals surface area contributed by atoms with Gasteiger partial charge in [0.2, 0.25) is 5.75 Å². The lowest BCUT2D eigenvalue weighted by molar-refractivity contribution is -0.385. The third-order valence-electron chi connectivity index (χ3n) is 2.52. The highest BCUT2D eigenvalue weighted by molar-refractivity contribution is 5.77. The first-order valence-electron chi connectivity index (χ1n) is 5.92. The van der Waals surface area contributed by atoms with E-state index in [1.165, 1.54) is 6.26 Å². The monoisotopic (exact) mass is 294 g/mol. The van der Waals surface area contributed by atoms with Crippen LogP contribution in [0.4, 0.5) is 10.1 Å². The van der Waals surface area contributed by atoms with Crippen LogP contribution in [0.25, 0.3) is 0 Å². The minimum Gasteiger partial charge on any atom is -0.477 e. The van der Waals surface area contributed by atoms with Gasteiger partial charge in [0.15, 0.2) is 6.61 Å². The quantitative estimate of drug-likeness (QED) is 0.649. The Hall–Kier alpha value is -2.90. The molecule has 0 saturated carbocycles. The van der Waals surface area contributed by atoms with Gasteiger partial charge in [-0.1, -0.05) is 0 Å². The van der Waals surface area contributed by atoms with Gasteiger partial charge in [-0.2, -0.15) is 0 Å². The first-order valence-corrected chi connectivity index (χ1v) is 5.92. The van der Waals surface area contributed by atoms with Crippen LogP contribution < -0.4 is 10.1 Å². The Balaban J connectivity index is 1.91. The normalized spacial score (nSPS) is 10.1. The number of amides is 1. The molecule has 0 aliphatic carbocycles. The molecular weight excluding hydrogens is 283 g/mol. The molecule has 0 radical (unpaired) electrons. The number of halogens is 1. The summed E-state index contributed by atoms with van der Waals surface area (Å²) in [6, 6.07) is 6.14. The maximum Gasteiger partial charge on any atom is 0.311 e. The Bertz CT molecular complexity index is 642. The number of hydrogen-bond acceptors (Lipinski definition) is 5. The number of ether oxygens (including phenoxy) is 1. The predicted octanol–water partition coefficient (Wildman–Crippen LogP) is 2.02. The molecule has 8 heteroatoms. The maximum atomic E-state index is 13.1. The summed E-state index contributed by atoms with van der Waals surface area (Å²) in [7, 11) is 0. The van der Waals surface area contributed by atoms with Gasteiger partial charge in [0.1, 0.15) is 11.6 Å². The summed E-state index contributed by atoms with van der Waals surface area (Å²) in [5, 5.41) is 13.2. The molecule has 0 spiro atoms. The fourth-order valence-electron chi connectivity index (χ4n) is 1.55.